The molecule has 0 aliphatic rings. The van der Waals surface area contributed by atoms with E-state index in [1.54, 1.807) is 0 Å². The predicted octanol–water partition coefficient (Wildman–Crippen LogP) is 0.0211. The number of hydrogen-bond acceptors (Lipinski definition) is 6. The highest BCUT2D eigenvalue weighted by atomic mass is 32.2. The van der Waals surface area contributed by atoms with Gasteiger partial charge in [-0.3, -0.25) is 10.1 Å². The third kappa shape index (κ3) is 4.49. The molecule has 1 aromatic carbocycles. The Labute approximate surface area is 114 Å². The minimum absolute atomic E-state index is 0.0308. The summed E-state index contributed by atoms with van der Waals surface area (Å²) in [5, 5.41) is 19.0. The highest BCUT2D eigenvalue weighted by molar-refractivity contribution is 7.89. The van der Waals surface area contributed by atoms with E-state index in [0.29, 0.717) is 6.07 Å². The van der Waals surface area contributed by atoms with Crippen molar-refractivity contribution in [3.63, 3.8) is 0 Å². The summed E-state index contributed by atoms with van der Waals surface area (Å²) in [6.45, 7) is -0.156. The van der Waals surface area contributed by atoms with Crippen LogP contribution in [-0.4, -0.2) is 44.8 Å². The molecule has 20 heavy (non-hydrogen) atoms. The summed E-state index contributed by atoms with van der Waals surface area (Å²) in [6, 6.07) is 2.29. The Hall–Kier alpha value is -1.62. The molecule has 2 N–H and O–H groups in total. The first-order chi connectivity index (χ1) is 9.38. The van der Waals surface area contributed by atoms with Crippen LogP contribution in [-0.2, 0) is 14.8 Å². The van der Waals surface area contributed by atoms with Gasteiger partial charge >= 0.3 is 5.69 Å². The number of nitrogens with one attached hydrogen (secondary N) is 1. The third-order valence-corrected chi connectivity index (χ3v) is 3.66. The second kappa shape index (κ2) is 7.24. The smallest absolute Gasteiger partial charge is 0.306 e. The fourth-order valence-electron chi connectivity index (χ4n) is 1.30. The molecule has 0 unspecified atom stereocenters. The number of sulfonamides is 1. The molecule has 0 bridgehead atoms. The van der Waals surface area contributed by atoms with Crippen LogP contribution in [0.4, 0.5) is 10.1 Å². The molecule has 0 spiro atoms. The summed E-state index contributed by atoms with van der Waals surface area (Å²) >= 11 is 0. The quantitative estimate of drug-likeness (QED) is 0.397. The van der Waals surface area contributed by atoms with Gasteiger partial charge in [-0.05, 0) is 12.1 Å². The summed E-state index contributed by atoms with van der Waals surface area (Å²) in [5.74, 6) is -1.11. The fraction of sp³-hybridized carbons (Fsp3) is 0.400. The normalized spacial score (nSPS) is 11.5. The Morgan fingerprint density at radius 3 is 2.70 bits per heavy atom. The molecule has 0 aromatic heterocycles. The Morgan fingerprint density at radius 2 is 2.10 bits per heavy atom. The average molecular weight is 308 g/mol. The molecule has 1 rings (SSSR count). The Morgan fingerprint density at radius 1 is 1.40 bits per heavy atom. The van der Waals surface area contributed by atoms with Crippen molar-refractivity contribution in [2.24, 2.45) is 0 Å². The van der Waals surface area contributed by atoms with Gasteiger partial charge < -0.3 is 9.84 Å². The molecule has 0 saturated heterocycles. The topological polar surface area (TPSA) is 119 Å². The maximum Gasteiger partial charge on any atom is 0.306 e. The molecule has 0 fully saturated rings. The number of halogens is 1. The van der Waals surface area contributed by atoms with Gasteiger partial charge in [-0.2, -0.15) is 4.39 Å². The van der Waals surface area contributed by atoms with Crippen LogP contribution >= 0.6 is 0 Å². The molecule has 0 atom stereocenters. The van der Waals surface area contributed by atoms with Gasteiger partial charge in [-0.15, -0.1) is 0 Å². The zero-order valence-electron chi connectivity index (χ0n) is 10.3. The number of hydrogen-bond donors (Lipinski definition) is 2. The van der Waals surface area contributed by atoms with E-state index in [1.165, 1.54) is 0 Å². The number of aliphatic hydroxyl groups excluding tert-OH is 1. The van der Waals surface area contributed by atoms with Crippen molar-refractivity contribution in [2.75, 3.05) is 26.4 Å². The molecule has 0 heterocycles. The lowest BCUT2D eigenvalue weighted by molar-refractivity contribution is -0.387. The van der Waals surface area contributed by atoms with Crippen LogP contribution in [0.25, 0.3) is 0 Å². The van der Waals surface area contributed by atoms with Gasteiger partial charge in [-0.25, -0.2) is 13.1 Å². The zero-order chi connectivity index (χ0) is 15.2. The molecule has 0 saturated carbocycles. The summed E-state index contributed by atoms with van der Waals surface area (Å²) in [6.07, 6.45) is 0. The molecular formula is C10H13FN2O6S. The van der Waals surface area contributed by atoms with Gasteiger partial charge in [-0.1, -0.05) is 0 Å². The minimum Gasteiger partial charge on any atom is -0.394 e. The lowest BCUT2D eigenvalue weighted by Gasteiger charge is -2.07. The summed E-state index contributed by atoms with van der Waals surface area (Å²) in [7, 11) is -3.98. The molecular weight excluding hydrogens is 295 g/mol. The van der Waals surface area contributed by atoms with Crippen LogP contribution in [0.15, 0.2) is 23.1 Å². The summed E-state index contributed by atoms with van der Waals surface area (Å²) < 4.78 is 43.7. The van der Waals surface area contributed by atoms with E-state index < -0.39 is 31.3 Å². The number of rotatable bonds is 8. The standard InChI is InChI=1S/C10H13FN2O6S/c11-9-2-1-8(7-10(9)13(15)16)20(17,18)12-3-5-19-6-4-14/h1-2,7,12,14H,3-6H2. The predicted molar refractivity (Wildman–Crippen MR) is 66.1 cm³/mol. The molecule has 0 aliphatic heterocycles. The van der Waals surface area contributed by atoms with Crippen molar-refractivity contribution < 1.29 is 27.6 Å². The molecule has 1 aromatic rings. The van der Waals surface area contributed by atoms with Crippen molar-refractivity contribution in [2.45, 2.75) is 4.90 Å². The highest BCUT2D eigenvalue weighted by Crippen LogP contribution is 2.21. The minimum atomic E-state index is -3.98. The number of nitro benzene ring substituents is 1. The van der Waals surface area contributed by atoms with Crippen molar-refractivity contribution >= 4 is 15.7 Å². The molecule has 0 radical (unpaired) electrons. The van der Waals surface area contributed by atoms with Gasteiger partial charge in [0.2, 0.25) is 15.8 Å². The fourth-order valence-corrected chi connectivity index (χ4v) is 2.33. The maximum atomic E-state index is 13.1. The van der Waals surface area contributed by atoms with Gasteiger partial charge in [0, 0.05) is 12.6 Å². The molecule has 0 amide bonds. The van der Waals surface area contributed by atoms with Crippen LogP contribution in [0.2, 0.25) is 0 Å². The van der Waals surface area contributed by atoms with Gasteiger partial charge in [0.1, 0.15) is 0 Å². The average Bonchev–Trinajstić information content (AvgIpc) is 2.38. The molecule has 8 nitrogen and oxygen atoms in total. The van der Waals surface area contributed by atoms with Crippen molar-refractivity contribution in [3.05, 3.63) is 34.1 Å². The number of benzene rings is 1. The monoisotopic (exact) mass is 308 g/mol. The van der Waals surface area contributed by atoms with Crippen molar-refractivity contribution in [3.8, 4) is 0 Å². The van der Waals surface area contributed by atoms with Crippen LogP contribution in [0, 0.1) is 15.9 Å². The van der Waals surface area contributed by atoms with E-state index in [-0.39, 0.29) is 26.4 Å². The Bertz CT molecular complexity index is 577. The number of nitro groups is 1. The van der Waals surface area contributed by atoms with E-state index in [1.807, 2.05) is 0 Å². The van der Waals surface area contributed by atoms with Crippen molar-refractivity contribution in [1.82, 2.24) is 4.72 Å². The zero-order valence-corrected chi connectivity index (χ0v) is 11.1. The van der Waals surface area contributed by atoms with Crippen LogP contribution in [0.1, 0.15) is 0 Å². The van der Waals surface area contributed by atoms with Crippen LogP contribution in [0.5, 0.6) is 0 Å². The van der Waals surface area contributed by atoms with E-state index in [2.05, 4.69) is 4.72 Å². The van der Waals surface area contributed by atoms with Gasteiger partial charge in [0.05, 0.1) is 29.6 Å². The van der Waals surface area contributed by atoms with E-state index >= 15 is 0 Å². The van der Waals surface area contributed by atoms with Crippen LogP contribution in [0.3, 0.4) is 0 Å². The number of ether oxygens (including phenoxy) is 1. The summed E-state index contributed by atoms with van der Waals surface area (Å²) in [5.41, 5.74) is -0.913. The van der Waals surface area contributed by atoms with Crippen molar-refractivity contribution in [1.29, 1.82) is 0 Å². The van der Waals surface area contributed by atoms with Crippen LogP contribution < -0.4 is 4.72 Å². The SMILES string of the molecule is O=[N+]([O-])c1cc(S(=O)(=O)NCCOCCO)ccc1F. The van der Waals surface area contributed by atoms with E-state index in [9.17, 15) is 22.9 Å². The maximum absolute atomic E-state index is 13.1. The number of aliphatic hydroxyl groups is 1. The lowest BCUT2D eigenvalue weighted by Crippen LogP contribution is -2.27. The largest absolute Gasteiger partial charge is 0.394 e. The summed E-state index contributed by atoms with van der Waals surface area (Å²) in [4.78, 5) is 9.13. The molecule has 10 heteroatoms. The number of nitrogens with zero attached hydrogens (tertiary/aromatic N) is 1. The molecule has 0 aliphatic carbocycles. The third-order valence-electron chi connectivity index (χ3n) is 2.20. The highest BCUT2D eigenvalue weighted by Gasteiger charge is 2.21. The second-order valence-electron chi connectivity index (χ2n) is 3.60. The molecule has 112 valence electrons. The first-order valence-corrected chi connectivity index (χ1v) is 6.99. The Kier molecular flexibility index (Phi) is 5.95. The van der Waals surface area contributed by atoms with Gasteiger partial charge in [0.25, 0.3) is 0 Å². The van der Waals surface area contributed by atoms with Gasteiger partial charge in [0.15, 0.2) is 0 Å². The van der Waals surface area contributed by atoms with E-state index in [0.717, 1.165) is 12.1 Å². The Balaban J connectivity index is 2.77. The lowest BCUT2D eigenvalue weighted by atomic mass is 10.3. The second-order valence-corrected chi connectivity index (χ2v) is 5.37. The van der Waals surface area contributed by atoms with E-state index in [4.69, 9.17) is 9.84 Å². The first kappa shape index (κ1) is 16.4. The first-order valence-electron chi connectivity index (χ1n) is 5.50.